The minimum atomic E-state index is -0.551. The van der Waals surface area contributed by atoms with Gasteiger partial charge in [-0.2, -0.15) is 0 Å². The molecule has 2 aromatic rings. The van der Waals surface area contributed by atoms with Gasteiger partial charge in [-0.25, -0.2) is 4.79 Å². The first-order valence-corrected chi connectivity index (χ1v) is 13.2. The molecule has 2 rings (SSSR count). The van der Waals surface area contributed by atoms with Crippen LogP contribution < -0.4 is 19.8 Å². The average molecular weight is 485 g/mol. The largest absolute Gasteiger partial charge is 0.493 e. The predicted molar refractivity (Wildman–Crippen MR) is 145 cm³/mol. The Labute approximate surface area is 211 Å². The molecule has 5 heteroatoms. The van der Waals surface area contributed by atoms with Crippen LogP contribution in [-0.4, -0.2) is 20.3 Å². The van der Waals surface area contributed by atoms with Crippen LogP contribution >= 0.6 is 0 Å². The Bertz CT molecular complexity index is 1010. The number of allylic oxidation sites excluding steroid dienone is 3. The molecular formula is C30H44O5. The van der Waals surface area contributed by atoms with Crippen molar-refractivity contribution < 1.29 is 18.6 Å². The maximum atomic E-state index is 12.6. The molecule has 0 saturated heterocycles. The lowest BCUT2D eigenvalue weighted by Gasteiger charge is -2.14. The van der Waals surface area contributed by atoms with Crippen LogP contribution in [0.15, 0.2) is 50.7 Å². The number of ether oxygens (including phenoxy) is 3. The first-order chi connectivity index (χ1) is 17.0. The highest BCUT2D eigenvalue weighted by Crippen LogP contribution is 2.38. The third-order valence-corrected chi connectivity index (χ3v) is 6.02. The molecule has 35 heavy (non-hydrogen) atoms. The zero-order chi connectivity index (χ0) is 25.5. The second-order valence-electron chi connectivity index (χ2n) is 9.39. The fourth-order valence-corrected chi connectivity index (χ4v) is 3.99. The Morgan fingerprint density at radius 1 is 0.914 bits per heavy atom. The van der Waals surface area contributed by atoms with Gasteiger partial charge in [-0.05, 0) is 58.2 Å². The molecule has 0 N–H and O–H groups in total. The lowest BCUT2D eigenvalue weighted by Crippen LogP contribution is -2.10. The van der Waals surface area contributed by atoms with Crippen molar-refractivity contribution in [1.29, 1.82) is 0 Å². The van der Waals surface area contributed by atoms with E-state index in [0.717, 1.165) is 25.7 Å². The van der Waals surface area contributed by atoms with Gasteiger partial charge in [0.2, 0.25) is 5.75 Å². The van der Waals surface area contributed by atoms with Gasteiger partial charge in [0, 0.05) is 0 Å². The van der Waals surface area contributed by atoms with Gasteiger partial charge in [-0.15, -0.1) is 0 Å². The Kier molecular flexibility index (Phi) is 13.1. The topological polar surface area (TPSA) is 57.9 Å². The molecule has 194 valence electrons. The minimum Gasteiger partial charge on any atom is -0.493 e. The van der Waals surface area contributed by atoms with E-state index in [1.807, 2.05) is 18.2 Å². The molecule has 5 nitrogen and oxygen atoms in total. The lowest BCUT2D eigenvalue weighted by molar-refractivity contribution is 0.298. The van der Waals surface area contributed by atoms with E-state index in [2.05, 4.69) is 33.8 Å². The molecule has 0 aliphatic carbocycles. The summed E-state index contributed by atoms with van der Waals surface area (Å²) in [5, 5.41) is 0.633. The summed E-state index contributed by atoms with van der Waals surface area (Å²) in [4.78, 5) is 12.6. The lowest BCUT2D eigenvalue weighted by atomic mass is 10.1. The zero-order valence-electron chi connectivity index (χ0n) is 22.4. The fraction of sp³-hybridized carbons (Fsp3) is 0.567. The van der Waals surface area contributed by atoms with Crippen molar-refractivity contribution in [2.75, 3.05) is 20.3 Å². The smallest absolute Gasteiger partial charge is 0.383 e. The van der Waals surface area contributed by atoms with Crippen LogP contribution in [0.3, 0.4) is 0 Å². The van der Waals surface area contributed by atoms with Gasteiger partial charge in [-0.3, -0.25) is 0 Å². The zero-order valence-corrected chi connectivity index (χ0v) is 22.4. The molecule has 0 spiro atoms. The van der Waals surface area contributed by atoms with E-state index < -0.39 is 5.63 Å². The highest BCUT2D eigenvalue weighted by molar-refractivity contribution is 5.91. The van der Waals surface area contributed by atoms with Crippen molar-refractivity contribution in [3.63, 3.8) is 0 Å². The van der Waals surface area contributed by atoms with E-state index in [4.69, 9.17) is 18.6 Å². The summed E-state index contributed by atoms with van der Waals surface area (Å²) in [6.45, 7) is 9.39. The minimum absolute atomic E-state index is 0.0801. The second-order valence-corrected chi connectivity index (χ2v) is 9.39. The van der Waals surface area contributed by atoms with E-state index in [-0.39, 0.29) is 12.4 Å². The van der Waals surface area contributed by atoms with E-state index in [9.17, 15) is 4.79 Å². The van der Waals surface area contributed by atoms with Gasteiger partial charge in [-0.1, -0.05) is 75.2 Å². The summed E-state index contributed by atoms with van der Waals surface area (Å²) >= 11 is 0. The van der Waals surface area contributed by atoms with Crippen molar-refractivity contribution in [3.05, 3.63) is 51.9 Å². The molecule has 0 amide bonds. The molecule has 0 aliphatic rings. The molecule has 0 saturated carbocycles. The molecule has 0 aliphatic heterocycles. The van der Waals surface area contributed by atoms with Crippen molar-refractivity contribution in [3.8, 4) is 17.2 Å². The van der Waals surface area contributed by atoms with Gasteiger partial charge < -0.3 is 18.6 Å². The number of fused-ring (bicyclic) bond motifs is 1. The summed E-state index contributed by atoms with van der Waals surface area (Å²) in [7, 11) is 1.54. The number of rotatable bonds is 17. The van der Waals surface area contributed by atoms with Crippen molar-refractivity contribution in [2.24, 2.45) is 0 Å². The van der Waals surface area contributed by atoms with Crippen LogP contribution in [-0.2, 0) is 0 Å². The van der Waals surface area contributed by atoms with E-state index in [1.165, 1.54) is 56.8 Å². The molecule has 0 atom stereocenters. The third-order valence-electron chi connectivity index (χ3n) is 6.02. The van der Waals surface area contributed by atoms with Crippen molar-refractivity contribution in [1.82, 2.24) is 0 Å². The summed E-state index contributed by atoms with van der Waals surface area (Å²) in [5.41, 5.74) is 2.40. The Balaban J connectivity index is 2.03. The summed E-state index contributed by atoms with van der Waals surface area (Å²) in [6.07, 6.45) is 16.1. The van der Waals surface area contributed by atoms with Crippen molar-refractivity contribution >= 4 is 11.0 Å². The summed E-state index contributed by atoms with van der Waals surface area (Å²) in [5.74, 6) is 1.08. The SMILES string of the molecule is CCCCCCCCCCOc1cccc2oc(=O)c(OCC=C(C)CCC=C(C)C)c(OC)c12. The standard InChI is InChI=1S/C30H44O5/c1-6-7-8-9-10-11-12-13-21-33-25-18-15-19-26-27(25)28(32-5)29(30(31)35-26)34-22-20-24(4)17-14-16-23(2)3/h15-16,18-20H,6-14,17,21-22H2,1-5H3. The van der Waals surface area contributed by atoms with Crippen LogP contribution in [0.2, 0.25) is 0 Å². The highest BCUT2D eigenvalue weighted by Gasteiger charge is 2.20. The monoisotopic (exact) mass is 484 g/mol. The van der Waals surface area contributed by atoms with E-state index in [0.29, 0.717) is 29.1 Å². The Hall–Kier alpha value is -2.69. The second kappa shape index (κ2) is 16.1. The molecule has 1 aromatic heterocycles. The first-order valence-electron chi connectivity index (χ1n) is 13.2. The summed E-state index contributed by atoms with van der Waals surface area (Å²) in [6, 6.07) is 5.46. The Morgan fingerprint density at radius 3 is 2.31 bits per heavy atom. The molecule has 1 heterocycles. The number of unbranched alkanes of at least 4 members (excludes halogenated alkanes) is 7. The maximum absolute atomic E-state index is 12.6. The quantitative estimate of drug-likeness (QED) is 0.128. The van der Waals surface area contributed by atoms with Crippen molar-refractivity contribution in [2.45, 2.75) is 91.9 Å². The number of hydrogen-bond donors (Lipinski definition) is 0. The summed E-state index contributed by atoms with van der Waals surface area (Å²) < 4.78 is 23.1. The Morgan fingerprint density at radius 2 is 1.63 bits per heavy atom. The van der Waals surface area contributed by atoms with Crippen LogP contribution in [0.4, 0.5) is 0 Å². The third kappa shape index (κ3) is 9.83. The average Bonchev–Trinajstić information content (AvgIpc) is 2.83. The number of hydrogen-bond acceptors (Lipinski definition) is 5. The molecular weight excluding hydrogens is 440 g/mol. The van der Waals surface area contributed by atoms with E-state index in [1.54, 1.807) is 6.07 Å². The normalized spacial score (nSPS) is 11.5. The first kappa shape index (κ1) is 28.5. The molecule has 0 unspecified atom stereocenters. The van der Waals surface area contributed by atoms with Gasteiger partial charge in [0.1, 0.15) is 23.3 Å². The van der Waals surface area contributed by atoms with Gasteiger partial charge in [0.25, 0.3) is 0 Å². The highest BCUT2D eigenvalue weighted by atomic mass is 16.5. The molecule has 0 bridgehead atoms. The molecule has 0 radical (unpaired) electrons. The van der Waals surface area contributed by atoms with Gasteiger partial charge >= 0.3 is 5.63 Å². The van der Waals surface area contributed by atoms with Gasteiger partial charge in [0.15, 0.2) is 5.75 Å². The van der Waals surface area contributed by atoms with Crippen LogP contribution in [0, 0.1) is 0 Å². The fourth-order valence-electron chi connectivity index (χ4n) is 3.99. The number of benzene rings is 1. The molecule has 1 aromatic carbocycles. The van der Waals surface area contributed by atoms with E-state index >= 15 is 0 Å². The van der Waals surface area contributed by atoms with Gasteiger partial charge in [0.05, 0.1) is 13.7 Å². The van der Waals surface area contributed by atoms with Crippen LogP contribution in [0.25, 0.3) is 11.0 Å². The maximum Gasteiger partial charge on any atom is 0.383 e. The number of methoxy groups -OCH3 is 1. The predicted octanol–water partition coefficient (Wildman–Crippen LogP) is 8.39. The molecule has 0 fully saturated rings. The van der Waals surface area contributed by atoms with Crippen LogP contribution in [0.1, 0.15) is 91.9 Å². The van der Waals surface area contributed by atoms with Crippen LogP contribution in [0.5, 0.6) is 17.2 Å².